The normalized spacial score (nSPS) is 14.0. The summed E-state index contributed by atoms with van der Waals surface area (Å²) in [6.07, 6.45) is 8.31. The number of nitrogens with zero attached hydrogens (tertiary/aromatic N) is 5. The molecular weight excluding hydrogens is 390 g/mol. The number of fused-ring (bicyclic) bond motifs is 1. The Balaban J connectivity index is 1.87. The fraction of sp³-hybridized carbons (Fsp3) is 0.550. The molecule has 0 amide bonds. The van der Waals surface area contributed by atoms with Crippen LogP contribution in [0, 0.1) is 0 Å². The zero-order valence-electron chi connectivity index (χ0n) is 17.8. The van der Waals surface area contributed by atoms with Gasteiger partial charge in [0, 0.05) is 37.5 Å². The number of imidazole rings is 1. The van der Waals surface area contributed by atoms with Gasteiger partial charge in [-0.3, -0.25) is 9.08 Å². The number of hydrogen-bond donors (Lipinski definition) is 0. The third-order valence-corrected chi connectivity index (χ3v) is 10.5. The number of rotatable bonds is 6. The lowest BCUT2D eigenvalue weighted by Gasteiger charge is -2.36. The summed E-state index contributed by atoms with van der Waals surface area (Å²) in [5.41, 5.74) is 2.79. The Morgan fingerprint density at radius 1 is 1.21 bits per heavy atom. The summed E-state index contributed by atoms with van der Waals surface area (Å²) in [7, 11) is 0.152. The van der Waals surface area contributed by atoms with Gasteiger partial charge in [-0.1, -0.05) is 39.3 Å². The van der Waals surface area contributed by atoms with E-state index >= 15 is 0 Å². The van der Waals surface area contributed by atoms with E-state index in [1.807, 2.05) is 25.6 Å². The summed E-state index contributed by atoms with van der Waals surface area (Å²) in [6, 6.07) is 0. The van der Waals surface area contributed by atoms with Crippen LogP contribution in [0.3, 0.4) is 0 Å². The van der Waals surface area contributed by atoms with Crippen molar-refractivity contribution in [3.05, 3.63) is 35.8 Å². The minimum atomic E-state index is -1.75. The molecule has 0 N–H and O–H groups in total. The van der Waals surface area contributed by atoms with Crippen molar-refractivity contribution in [2.75, 3.05) is 6.61 Å². The maximum Gasteiger partial charge on any atom is 0.191 e. The van der Waals surface area contributed by atoms with Crippen LogP contribution in [0.25, 0.3) is 16.8 Å². The van der Waals surface area contributed by atoms with E-state index in [9.17, 15) is 0 Å². The van der Waals surface area contributed by atoms with Crippen molar-refractivity contribution >= 4 is 25.4 Å². The predicted molar refractivity (Wildman–Crippen MR) is 116 cm³/mol. The first-order valence-electron chi connectivity index (χ1n) is 9.66. The van der Waals surface area contributed by atoms with E-state index < -0.39 is 8.32 Å². The topological polar surface area (TPSA) is 57.2 Å². The molecule has 0 aromatic carbocycles. The minimum absolute atomic E-state index is 0.211. The van der Waals surface area contributed by atoms with Crippen molar-refractivity contribution < 1.29 is 4.43 Å². The first-order chi connectivity index (χ1) is 13.0. The molecule has 0 aliphatic rings. The third-order valence-electron chi connectivity index (χ3n) is 5.76. The van der Waals surface area contributed by atoms with Crippen LogP contribution < -0.4 is 0 Å². The molecule has 0 saturated carbocycles. The molecule has 0 unspecified atom stereocenters. The highest BCUT2D eigenvalue weighted by molar-refractivity contribution is 6.74. The van der Waals surface area contributed by atoms with Crippen LogP contribution >= 0.6 is 11.6 Å². The average molecular weight is 420 g/mol. The molecule has 0 saturated heterocycles. The molecule has 0 aliphatic heterocycles. The second kappa shape index (κ2) is 7.61. The first kappa shape index (κ1) is 21.0. The van der Waals surface area contributed by atoms with E-state index in [0.29, 0.717) is 5.15 Å². The van der Waals surface area contributed by atoms with Gasteiger partial charge in [0.25, 0.3) is 0 Å². The standard InChI is InChI=1S/C20H30ClN5OSi/c1-14(8-9-27-28(6,7)20(2,3)4)19-24-18(15-10-23-25(5)12-15)16-11-22-17(21)13-26(16)19/h10-14H,8-9H2,1-7H3/t14-/m0/s1. The molecular formula is C20H30ClN5OSi. The Morgan fingerprint density at radius 2 is 1.93 bits per heavy atom. The molecule has 0 fully saturated rings. The molecule has 152 valence electrons. The van der Waals surface area contributed by atoms with Gasteiger partial charge in [0.15, 0.2) is 8.32 Å². The lowest BCUT2D eigenvalue weighted by molar-refractivity contribution is 0.272. The number of halogens is 1. The zero-order chi connectivity index (χ0) is 20.7. The fourth-order valence-electron chi connectivity index (χ4n) is 2.92. The van der Waals surface area contributed by atoms with E-state index in [0.717, 1.165) is 35.6 Å². The summed E-state index contributed by atoms with van der Waals surface area (Å²) < 4.78 is 10.2. The summed E-state index contributed by atoms with van der Waals surface area (Å²) in [4.78, 5) is 9.20. The molecule has 6 nitrogen and oxygen atoms in total. The van der Waals surface area contributed by atoms with Crippen LogP contribution in [-0.2, 0) is 11.5 Å². The van der Waals surface area contributed by atoms with Crippen molar-refractivity contribution in [2.24, 2.45) is 7.05 Å². The Bertz CT molecular complexity index is 973. The van der Waals surface area contributed by atoms with Crippen LogP contribution in [0.2, 0.25) is 23.3 Å². The van der Waals surface area contributed by atoms with Crippen LogP contribution in [-0.4, -0.2) is 39.1 Å². The van der Waals surface area contributed by atoms with Crippen molar-refractivity contribution in [1.29, 1.82) is 0 Å². The smallest absolute Gasteiger partial charge is 0.191 e. The summed E-state index contributed by atoms with van der Waals surface area (Å²) in [5.74, 6) is 1.19. The van der Waals surface area contributed by atoms with Crippen molar-refractivity contribution in [3.8, 4) is 11.3 Å². The van der Waals surface area contributed by atoms with Gasteiger partial charge in [-0.05, 0) is 24.6 Å². The number of hydrogen-bond acceptors (Lipinski definition) is 4. The molecule has 3 aromatic rings. The molecule has 0 spiro atoms. The Hall–Kier alpha value is -1.70. The predicted octanol–water partition coefficient (Wildman–Crippen LogP) is 5.30. The number of aromatic nitrogens is 5. The van der Waals surface area contributed by atoms with Crippen LogP contribution in [0.15, 0.2) is 24.8 Å². The molecule has 0 aliphatic carbocycles. The molecule has 28 heavy (non-hydrogen) atoms. The maximum absolute atomic E-state index is 6.37. The highest BCUT2D eigenvalue weighted by Gasteiger charge is 2.37. The average Bonchev–Trinajstić information content (AvgIpc) is 3.16. The van der Waals surface area contributed by atoms with E-state index in [2.05, 4.69) is 55.3 Å². The van der Waals surface area contributed by atoms with E-state index in [-0.39, 0.29) is 11.0 Å². The summed E-state index contributed by atoms with van der Waals surface area (Å²) in [5, 5.41) is 4.94. The molecule has 3 rings (SSSR count). The lowest BCUT2D eigenvalue weighted by atomic mass is 10.1. The van der Waals surface area contributed by atoms with Crippen molar-refractivity contribution in [3.63, 3.8) is 0 Å². The van der Waals surface area contributed by atoms with Gasteiger partial charge in [0.05, 0.1) is 17.9 Å². The van der Waals surface area contributed by atoms with Crippen LogP contribution in [0.4, 0.5) is 0 Å². The second-order valence-corrected chi connectivity index (χ2v) is 14.2. The molecule has 3 heterocycles. The Morgan fingerprint density at radius 3 is 2.54 bits per heavy atom. The van der Waals surface area contributed by atoms with Gasteiger partial charge in [-0.15, -0.1) is 0 Å². The second-order valence-electron chi connectivity index (χ2n) is 8.99. The molecule has 1 atom stereocenters. The first-order valence-corrected chi connectivity index (χ1v) is 12.9. The van der Waals surface area contributed by atoms with Crippen molar-refractivity contribution in [2.45, 2.75) is 58.2 Å². The molecule has 8 heteroatoms. The monoisotopic (exact) mass is 419 g/mol. The van der Waals surface area contributed by atoms with Gasteiger partial charge in [0.2, 0.25) is 0 Å². The fourth-order valence-corrected chi connectivity index (χ4v) is 4.13. The largest absolute Gasteiger partial charge is 0.417 e. The Labute approximate surface area is 173 Å². The van der Waals surface area contributed by atoms with Crippen molar-refractivity contribution in [1.82, 2.24) is 24.1 Å². The summed E-state index contributed by atoms with van der Waals surface area (Å²) >= 11 is 6.17. The number of aryl methyl sites for hydroxylation is 1. The van der Waals surface area contributed by atoms with Gasteiger partial charge in [-0.25, -0.2) is 9.97 Å². The SMILES string of the molecule is C[C@@H](CCO[Si](C)(C)C(C)(C)C)c1nc(-c2cnn(C)c2)c2cnc(Cl)cn12. The van der Waals surface area contributed by atoms with Gasteiger partial charge < -0.3 is 4.43 Å². The highest BCUT2D eigenvalue weighted by atomic mass is 35.5. The minimum Gasteiger partial charge on any atom is -0.417 e. The summed E-state index contributed by atoms with van der Waals surface area (Å²) in [6.45, 7) is 14.3. The van der Waals surface area contributed by atoms with Crippen LogP contribution in [0.1, 0.15) is 45.9 Å². The van der Waals surface area contributed by atoms with Crippen LogP contribution in [0.5, 0.6) is 0 Å². The third kappa shape index (κ3) is 4.16. The van der Waals surface area contributed by atoms with Gasteiger partial charge in [0.1, 0.15) is 16.7 Å². The molecule has 3 aromatic heterocycles. The Kier molecular flexibility index (Phi) is 5.71. The van der Waals surface area contributed by atoms with Gasteiger partial charge >= 0.3 is 0 Å². The van der Waals surface area contributed by atoms with E-state index in [4.69, 9.17) is 21.0 Å². The maximum atomic E-state index is 6.37. The molecule has 0 bridgehead atoms. The van der Waals surface area contributed by atoms with Gasteiger partial charge in [-0.2, -0.15) is 5.10 Å². The zero-order valence-corrected chi connectivity index (χ0v) is 19.6. The van der Waals surface area contributed by atoms with E-state index in [1.54, 1.807) is 10.9 Å². The molecule has 0 radical (unpaired) electrons. The highest BCUT2D eigenvalue weighted by Crippen LogP contribution is 2.37. The quantitative estimate of drug-likeness (QED) is 0.508. The van der Waals surface area contributed by atoms with E-state index in [1.165, 1.54) is 0 Å². The lowest BCUT2D eigenvalue weighted by Crippen LogP contribution is -2.41.